The van der Waals surface area contributed by atoms with Gasteiger partial charge in [0.05, 0.1) is 13.2 Å². The van der Waals surface area contributed by atoms with Crippen LogP contribution in [-0.4, -0.2) is 36.5 Å². The van der Waals surface area contributed by atoms with Crippen LogP contribution in [0.3, 0.4) is 0 Å². The highest BCUT2D eigenvalue weighted by atomic mass is 16.7. The molecule has 0 fully saturated rings. The standard InChI is InChI=1S/C13H15NO7/c1-3-19-12(17)14-8-5-6-9(11(15)16)10(7-8)21-13(18)20-4-2/h5-7H,3-4H2,1-2H3,(H,14,17)(H,15,16). The fourth-order valence-corrected chi connectivity index (χ4v) is 1.38. The number of anilines is 1. The zero-order valence-electron chi connectivity index (χ0n) is 11.5. The number of benzene rings is 1. The number of ether oxygens (including phenoxy) is 3. The second kappa shape index (κ2) is 7.73. The molecule has 1 rings (SSSR count). The Morgan fingerprint density at radius 1 is 1.14 bits per heavy atom. The summed E-state index contributed by atoms with van der Waals surface area (Å²) in [5.74, 6) is -1.52. The van der Waals surface area contributed by atoms with Crippen molar-refractivity contribution in [1.29, 1.82) is 0 Å². The fourth-order valence-electron chi connectivity index (χ4n) is 1.38. The summed E-state index contributed by atoms with van der Waals surface area (Å²) >= 11 is 0. The van der Waals surface area contributed by atoms with E-state index in [1.165, 1.54) is 18.2 Å². The van der Waals surface area contributed by atoms with Crippen molar-refractivity contribution in [2.45, 2.75) is 13.8 Å². The summed E-state index contributed by atoms with van der Waals surface area (Å²) in [6, 6.07) is 3.73. The van der Waals surface area contributed by atoms with Crippen LogP contribution in [0.15, 0.2) is 18.2 Å². The summed E-state index contributed by atoms with van der Waals surface area (Å²) in [5, 5.41) is 11.4. The number of rotatable bonds is 5. The summed E-state index contributed by atoms with van der Waals surface area (Å²) in [4.78, 5) is 33.6. The highest BCUT2D eigenvalue weighted by Gasteiger charge is 2.17. The molecule has 2 N–H and O–H groups in total. The minimum absolute atomic E-state index is 0.0853. The fraction of sp³-hybridized carbons (Fsp3) is 0.308. The van der Waals surface area contributed by atoms with Crippen molar-refractivity contribution in [3.8, 4) is 5.75 Å². The highest BCUT2D eigenvalue weighted by molar-refractivity contribution is 5.93. The molecule has 114 valence electrons. The molecular formula is C13H15NO7. The van der Waals surface area contributed by atoms with Gasteiger partial charge in [-0.3, -0.25) is 5.32 Å². The average Bonchev–Trinajstić information content (AvgIpc) is 2.38. The Morgan fingerprint density at radius 3 is 2.38 bits per heavy atom. The van der Waals surface area contributed by atoms with Gasteiger partial charge in [0.15, 0.2) is 5.75 Å². The lowest BCUT2D eigenvalue weighted by Crippen LogP contribution is -2.15. The van der Waals surface area contributed by atoms with Crippen LogP contribution in [0.4, 0.5) is 15.3 Å². The van der Waals surface area contributed by atoms with E-state index in [9.17, 15) is 14.4 Å². The predicted octanol–water partition coefficient (Wildman–Crippen LogP) is 2.49. The Hall–Kier alpha value is -2.77. The van der Waals surface area contributed by atoms with Gasteiger partial charge in [-0.05, 0) is 26.0 Å². The van der Waals surface area contributed by atoms with Crippen molar-refractivity contribution in [2.24, 2.45) is 0 Å². The molecule has 1 aromatic carbocycles. The maximum absolute atomic E-state index is 11.3. The molecule has 0 aliphatic heterocycles. The van der Waals surface area contributed by atoms with Crippen LogP contribution in [0, 0.1) is 0 Å². The molecule has 0 bridgehead atoms. The molecule has 21 heavy (non-hydrogen) atoms. The van der Waals surface area contributed by atoms with Crippen LogP contribution in [0.25, 0.3) is 0 Å². The van der Waals surface area contributed by atoms with Crippen LogP contribution in [0.5, 0.6) is 5.75 Å². The number of hydrogen-bond acceptors (Lipinski definition) is 6. The molecule has 8 heteroatoms. The van der Waals surface area contributed by atoms with E-state index in [1.54, 1.807) is 13.8 Å². The van der Waals surface area contributed by atoms with Crippen LogP contribution >= 0.6 is 0 Å². The average molecular weight is 297 g/mol. The normalized spacial score (nSPS) is 9.62. The molecular weight excluding hydrogens is 282 g/mol. The van der Waals surface area contributed by atoms with E-state index in [0.717, 1.165) is 0 Å². The van der Waals surface area contributed by atoms with Crippen LogP contribution in [0.2, 0.25) is 0 Å². The van der Waals surface area contributed by atoms with Gasteiger partial charge in [0.1, 0.15) is 5.56 Å². The molecule has 0 aliphatic carbocycles. The second-order valence-corrected chi connectivity index (χ2v) is 3.65. The van der Waals surface area contributed by atoms with Crippen molar-refractivity contribution in [3.05, 3.63) is 23.8 Å². The number of hydrogen-bond donors (Lipinski definition) is 2. The van der Waals surface area contributed by atoms with Gasteiger partial charge in [0.2, 0.25) is 0 Å². The van der Waals surface area contributed by atoms with Crippen LogP contribution < -0.4 is 10.1 Å². The minimum atomic E-state index is -1.28. The molecule has 0 aromatic heterocycles. The van der Waals surface area contributed by atoms with E-state index in [1.807, 2.05) is 0 Å². The molecule has 8 nitrogen and oxygen atoms in total. The quantitative estimate of drug-likeness (QED) is 0.634. The van der Waals surface area contributed by atoms with E-state index in [0.29, 0.717) is 0 Å². The third-order valence-corrected chi connectivity index (χ3v) is 2.19. The molecule has 0 heterocycles. The molecule has 0 radical (unpaired) electrons. The first-order valence-corrected chi connectivity index (χ1v) is 6.13. The van der Waals surface area contributed by atoms with E-state index >= 15 is 0 Å². The Kier molecular flexibility index (Phi) is 5.99. The zero-order chi connectivity index (χ0) is 15.8. The smallest absolute Gasteiger partial charge is 0.478 e. The van der Waals surface area contributed by atoms with Crippen molar-refractivity contribution in [3.63, 3.8) is 0 Å². The van der Waals surface area contributed by atoms with Gasteiger partial charge in [0.25, 0.3) is 0 Å². The SMILES string of the molecule is CCOC(=O)Nc1ccc(C(=O)O)c(OC(=O)OCC)c1. The molecule has 1 amide bonds. The second-order valence-electron chi connectivity index (χ2n) is 3.65. The van der Waals surface area contributed by atoms with Gasteiger partial charge in [-0.2, -0.15) is 0 Å². The number of nitrogens with one attached hydrogen (secondary N) is 1. The topological polar surface area (TPSA) is 111 Å². The summed E-state index contributed by atoms with van der Waals surface area (Å²) in [6.45, 7) is 3.49. The lowest BCUT2D eigenvalue weighted by atomic mass is 10.2. The zero-order valence-corrected chi connectivity index (χ0v) is 11.5. The third kappa shape index (κ3) is 5.01. The number of amides is 1. The number of carbonyl (C=O) groups is 3. The van der Waals surface area contributed by atoms with E-state index in [4.69, 9.17) is 9.84 Å². The van der Waals surface area contributed by atoms with Crippen molar-refractivity contribution < 1.29 is 33.7 Å². The van der Waals surface area contributed by atoms with Gasteiger partial charge in [-0.25, -0.2) is 14.4 Å². The number of carbonyl (C=O) groups excluding carboxylic acids is 2. The molecule has 0 spiro atoms. The van der Waals surface area contributed by atoms with E-state index in [2.05, 4.69) is 14.8 Å². The van der Waals surface area contributed by atoms with Crippen molar-refractivity contribution in [1.82, 2.24) is 0 Å². The van der Waals surface area contributed by atoms with Gasteiger partial charge in [-0.15, -0.1) is 0 Å². The molecule has 0 atom stereocenters. The maximum atomic E-state index is 11.3. The third-order valence-electron chi connectivity index (χ3n) is 2.19. The Morgan fingerprint density at radius 2 is 1.81 bits per heavy atom. The van der Waals surface area contributed by atoms with Crippen LogP contribution in [-0.2, 0) is 9.47 Å². The lowest BCUT2D eigenvalue weighted by Gasteiger charge is -2.10. The summed E-state index contributed by atoms with van der Waals surface area (Å²) in [5.41, 5.74) is -0.0183. The molecule has 0 saturated heterocycles. The van der Waals surface area contributed by atoms with Gasteiger partial charge in [0, 0.05) is 11.8 Å². The Balaban J connectivity index is 2.97. The van der Waals surface area contributed by atoms with E-state index in [-0.39, 0.29) is 30.2 Å². The summed E-state index contributed by atoms with van der Waals surface area (Å²) in [6.07, 6.45) is -1.74. The molecule has 0 unspecified atom stereocenters. The minimum Gasteiger partial charge on any atom is -0.478 e. The highest BCUT2D eigenvalue weighted by Crippen LogP contribution is 2.24. The maximum Gasteiger partial charge on any atom is 0.513 e. The van der Waals surface area contributed by atoms with Gasteiger partial charge < -0.3 is 19.3 Å². The Labute approximate surface area is 120 Å². The van der Waals surface area contributed by atoms with E-state index < -0.39 is 18.2 Å². The summed E-state index contributed by atoms with van der Waals surface area (Å²) in [7, 11) is 0. The first kappa shape index (κ1) is 16.3. The number of aromatic carboxylic acids is 1. The first-order valence-electron chi connectivity index (χ1n) is 6.13. The largest absolute Gasteiger partial charge is 0.513 e. The summed E-state index contributed by atoms with van der Waals surface area (Å²) < 4.78 is 14.1. The first-order chi connectivity index (χ1) is 9.97. The molecule has 0 aliphatic rings. The van der Waals surface area contributed by atoms with Gasteiger partial charge in [-0.1, -0.05) is 0 Å². The predicted molar refractivity (Wildman–Crippen MR) is 71.7 cm³/mol. The number of carboxylic acids is 1. The molecule has 1 aromatic rings. The number of carboxylic acid groups (broad SMARTS) is 1. The Bertz CT molecular complexity index is 541. The van der Waals surface area contributed by atoms with Gasteiger partial charge >= 0.3 is 18.2 Å². The van der Waals surface area contributed by atoms with Crippen molar-refractivity contribution in [2.75, 3.05) is 18.5 Å². The van der Waals surface area contributed by atoms with Crippen molar-refractivity contribution >= 4 is 23.9 Å². The molecule has 0 saturated carbocycles. The lowest BCUT2D eigenvalue weighted by molar-refractivity contribution is 0.0690. The van der Waals surface area contributed by atoms with Crippen LogP contribution in [0.1, 0.15) is 24.2 Å². The monoisotopic (exact) mass is 297 g/mol.